The van der Waals surface area contributed by atoms with Gasteiger partial charge >= 0.3 is 0 Å². The van der Waals surface area contributed by atoms with Gasteiger partial charge in [0.2, 0.25) is 10.0 Å². The quantitative estimate of drug-likeness (QED) is 0.754. The summed E-state index contributed by atoms with van der Waals surface area (Å²) in [5, 5.41) is 9.43. The van der Waals surface area contributed by atoms with Gasteiger partial charge in [0.15, 0.2) is 0 Å². The van der Waals surface area contributed by atoms with Gasteiger partial charge in [0.05, 0.1) is 10.5 Å². The van der Waals surface area contributed by atoms with Crippen LogP contribution in [-0.4, -0.2) is 54.8 Å². The van der Waals surface area contributed by atoms with E-state index >= 15 is 0 Å². The van der Waals surface area contributed by atoms with Crippen LogP contribution in [0.25, 0.3) is 0 Å². The number of aromatic hydroxyl groups is 1. The maximum absolute atomic E-state index is 14.4. The number of amides is 1. The number of benzene rings is 2. The second-order valence-electron chi connectivity index (χ2n) is 7.39. The Labute approximate surface area is 177 Å². The largest absolute Gasteiger partial charge is 0.508 e. The van der Waals surface area contributed by atoms with Crippen LogP contribution < -0.4 is 0 Å². The van der Waals surface area contributed by atoms with Gasteiger partial charge in [-0.3, -0.25) is 4.79 Å². The lowest BCUT2D eigenvalue weighted by Crippen LogP contribution is -2.38. The van der Waals surface area contributed by atoms with E-state index in [2.05, 4.69) is 0 Å². The van der Waals surface area contributed by atoms with Crippen LogP contribution in [0.2, 0.25) is 0 Å². The Morgan fingerprint density at radius 2 is 1.70 bits per heavy atom. The third-order valence-electron chi connectivity index (χ3n) is 5.66. The molecule has 1 heterocycles. The van der Waals surface area contributed by atoms with Crippen molar-refractivity contribution in [1.29, 1.82) is 0 Å². The highest BCUT2D eigenvalue weighted by molar-refractivity contribution is 7.89. The number of phenols is 1. The third kappa shape index (κ3) is 4.49. The lowest BCUT2D eigenvalue weighted by Gasteiger charge is -2.32. The summed E-state index contributed by atoms with van der Waals surface area (Å²) >= 11 is 0. The number of phenolic OH excluding ortho intramolecular Hbond substituents is 1. The molecule has 0 unspecified atom stereocenters. The van der Waals surface area contributed by atoms with E-state index in [0.29, 0.717) is 26.2 Å². The minimum atomic E-state index is -3.78. The topological polar surface area (TPSA) is 77.9 Å². The van der Waals surface area contributed by atoms with E-state index < -0.39 is 21.7 Å². The highest BCUT2D eigenvalue weighted by Gasteiger charge is 2.28. The molecule has 1 aliphatic rings. The number of carbonyl (C=O) groups excluding carboxylic acids is 1. The van der Waals surface area contributed by atoms with E-state index in [4.69, 9.17) is 0 Å². The van der Waals surface area contributed by atoms with E-state index in [1.54, 1.807) is 30.9 Å². The van der Waals surface area contributed by atoms with Crippen molar-refractivity contribution < 1.29 is 22.7 Å². The number of piperidine rings is 1. The maximum atomic E-state index is 14.4. The van der Waals surface area contributed by atoms with Crippen molar-refractivity contribution in [2.45, 2.75) is 37.5 Å². The van der Waals surface area contributed by atoms with Crippen molar-refractivity contribution >= 4 is 15.9 Å². The summed E-state index contributed by atoms with van der Waals surface area (Å²) in [6, 6.07) is 10.4. The Bertz CT molecular complexity index is 996. The van der Waals surface area contributed by atoms with Crippen molar-refractivity contribution in [2.75, 3.05) is 26.2 Å². The van der Waals surface area contributed by atoms with Gasteiger partial charge in [-0.05, 0) is 54.7 Å². The number of hydrogen-bond acceptors (Lipinski definition) is 4. The van der Waals surface area contributed by atoms with Crippen LogP contribution in [0.15, 0.2) is 47.4 Å². The fraction of sp³-hybridized carbons (Fsp3) is 0.409. The van der Waals surface area contributed by atoms with Crippen molar-refractivity contribution in [3.63, 3.8) is 0 Å². The lowest BCUT2D eigenvalue weighted by molar-refractivity contribution is 0.0708. The molecule has 30 heavy (non-hydrogen) atoms. The molecule has 1 amide bonds. The van der Waals surface area contributed by atoms with Crippen LogP contribution in [0, 0.1) is 5.82 Å². The Kier molecular flexibility index (Phi) is 6.77. The lowest BCUT2D eigenvalue weighted by atomic mass is 9.89. The smallest absolute Gasteiger partial charge is 0.256 e. The van der Waals surface area contributed by atoms with Crippen LogP contribution in [-0.2, 0) is 10.0 Å². The molecule has 2 aromatic carbocycles. The molecule has 1 fully saturated rings. The third-order valence-corrected chi connectivity index (χ3v) is 7.70. The zero-order valence-electron chi connectivity index (χ0n) is 17.2. The fourth-order valence-corrected chi connectivity index (χ4v) is 5.36. The van der Waals surface area contributed by atoms with E-state index in [1.165, 1.54) is 10.4 Å². The molecule has 0 saturated carbocycles. The van der Waals surface area contributed by atoms with Gasteiger partial charge in [0.25, 0.3) is 5.91 Å². The molecular weight excluding hydrogens is 407 g/mol. The van der Waals surface area contributed by atoms with Crippen LogP contribution in [0.1, 0.15) is 48.5 Å². The Balaban J connectivity index is 1.76. The van der Waals surface area contributed by atoms with Gasteiger partial charge in [-0.25, -0.2) is 12.8 Å². The highest BCUT2D eigenvalue weighted by Crippen LogP contribution is 2.30. The molecule has 8 heteroatoms. The standard InChI is InChI=1S/C22H27FN2O4S/c1-3-25(4-2)30(28,29)19-9-10-21(23)20(15-19)22(27)24-13-11-17(12-14-24)16-5-7-18(26)8-6-16/h5-10,15,17,26H,3-4,11-14H2,1-2H3. The molecule has 0 aromatic heterocycles. The van der Waals surface area contributed by atoms with E-state index in [1.807, 2.05) is 12.1 Å². The molecule has 0 aliphatic carbocycles. The van der Waals surface area contributed by atoms with Crippen LogP contribution in [0.4, 0.5) is 4.39 Å². The predicted octanol–water partition coefficient (Wildman–Crippen LogP) is 3.58. The monoisotopic (exact) mass is 434 g/mol. The number of rotatable bonds is 6. The Hall–Kier alpha value is -2.45. The first-order valence-electron chi connectivity index (χ1n) is 10.2. The average molecular weight is 435 g/mol. The number of carbonyl (C=O) groups is 1. The molecule has 6 nitrogen and oxygen atoms in total. The maximum Gasteiger partial charge on any atom is 0.256 e. The van der Waals surface area contributed by atoms with E-state index in [9.17, 15) is 22.7 Å². The SMILES string of the molecule is CCN(CC)S(=O)(=O)c1ccc(F)c(C(=O)N2CCC(c3ccc(O)cc3)CC2)c1. The zero-order valence-corrected chi connectivity index (χ0v) is 18.0. The summed E-state index contributed by atoms with van der Waals surface area (Å²) in [4.78, 5) is 14.4. The molecule has 1 saturated heterocycles. The van der Waals surface area contributed by atoms with Crippen LogP contribution >= 0.6 is 0 Å². The van der Waals surface area contributed by atoms with Gasteiger partial charge < -0.3 is 10.0 Å². The molecule has 2 aromatic rings. The van der Waals surface area contributed by atoms with Gasteiger partial charge in [-0.2, -0.15) is 4.31 Å². The molecule has 0 atom stereocenters. The summed E-state index contributed by atoms with van der Waals surface area (Å²) < 4.78 is 41.2. The number of nitrogens with zero attached hydrogens (tertiary/aromatic N) is 2. The van der Waals surface area contributed by atoms with Gasteiger partial charge in [0, 0.05) is 26.2 Å². The van der Waals surface area contributed by atoms with Gasteiger partial charge in [0.1, 0.15) is 11.6 Å². The number of halogens is 1. The summed E-state index contributed by atoms with van der Waals surface area (Å²) in [7, 11) is -3.78. The zero-order chi connectivity index (χ0) is 21.9. The molecule has 0 bridgehead atoms. The summed E-state index contributed by atoms with van der Waals surface area (Å²) in [5.41, 5.74) is 0.879. The number of hydrogen-bond donors (Lipinski definition) is 1. The first kappa shape index (κ1) is 22.2. The van der Waals surface area contributed by atoms with Crippen molar-refractivity contribution in [3.8, 4) is 5.75 Å². The van der Waals surface area contributed by atoms with E-state index in [-0.39, 0.29) is 22.1 Å². The fourth-order valence-electron chi connectivity index (χ4n) is 3.87. The number of sulfonamides is 1. The summed E-state index contributed by atoms with van der Waals surface area (Å²) in [5.74, 6) is -0.748. The molecule has 1 aliphatic heterocycles. The molecule has 0 radical (unpaired) electrons. The summed E-state index contributed by atoms with van der Waals surface area (Å²) in [6.45, 7) is 4.96. The number of likely N-dealkylation sites (tertiary alicyclic amines) is 1. The second-order valence-corrected chi connectivity index (χ2v) is 9.33. The normalized spacial score (nSPS) is 15.5. The average Bonchev–Trinajstić information content (AvgIpc) is 2.75. The summed E-state index contributed by atoms with van der Waals surface area (Å²) in [6.07, 6.45) is 1.44. The van der Waals surface area contributed by atoms with Crippen LogP contribution in [0.5, 0.6) is 5.75 Å². The minimum Gasteiger partial charge on any atom is -0.508 e. The minimum absolute atomic E-state index is 0.0741. The van der Waals surface area contributed by atoms with Crippen molar-refractivity contribution in [1.82, 2.24) is 9.21 Å². The first-order chi connectivity index (χ1) is 14.3. The van der Waals surface area contributed by atoms with Crippen molar-refractivity contribution in [3.05, 3.63) is 59.4 Å². The Morgan fingerprint density at radius 3 is 2.27 bits per heavy atom. The molecular formula is C22H27FN2O4S. The molecule has 0 spiro atoms. The predicted molar refractivity (Wildman–Crippen MR) is 112 cm³/mol. The van der Waals surface area contributed by atoms with E-state index in [0.717, 1.165) is 30.5 Å². The first-order valence-corrected chi connectivity index (χ1v) is 11.6. The second kappa shape index (κ2) is 9.14. The van der Waals surface area contributed by atoms with Crippen molar-refractivity contribution in [2.24, 2.45) is 0 Å². The Morgan fingerprint density at radius 1 is 1.10 bits per heavy atom. The molecule has 162 valence electrons. The van der Waals surface area contributed by atoms with Gasteiger partial charge in [-0.1, -0.05) is 26.0 Å². The van der Waals surface area contributed by atoms with Gasteiger partial charge in [-0.15, -0.1) is 0 Å². The molecule has 1 N–H and O–H groups in total. The van der Waals surface area contributed by atoms with Crippen LogP contribution in [0.3, 0.4) is 0 Å². The molecule has 3 rings (SSSR count). The highest BCUT2D eigenvalue weighted by atomic mass is 32.2.